The van der Waals surface area contributed by atoms with E-state index in [4.69, 9.17) is 0 Å². The number of fused-ring (bicyclic) bond motifs is 7. The third-order valence-corrected chi connectivity index (χ3v) is 13.3. The molecule has 4 saturated carbocycles. The molecule has 34 heavy (non-hydrogen) atoms. The van der Waals surface area contributed by atoms with Gasteiger partial charge in [-0.05, 0) is 97.2 Å². The lowest BCUT2D eigenvalue weighted by Gasteiger charge is -2.72. The maximum Gasteiger partial charge on any atom is 0.310 e. The number of aliphatic hydroxyl groups excluding tert-OH is 2. The number of carboxylic acids is 1. The smallest absolute Gasteiger partial charge is 0.310 e. The van der Waals surface area contributed by atoms with Gasteiger partial charge in [0.25, 0.3) is 0 Å². The standard InChI is InChI=1S/C30H48O4/c1-17-10-13-30(25(33)34)15-14-27(5)19(23(30)18(17)2)8-9-22-28(27,6)12-11-21-26(3,4)16-20(31)24(32)29(21,22)7/h8,17-18,20-24,31-32H,9-16H2,1-7H3,(H,33,34). The highest BCUT2D eigenvalue weighted by Gasteiger charge is 2.71. The zero-order valence-corrected chi connectivity index (χ0v) is 22.5. The van der Waals surface area contributed by atoms with Crippen LogP contribution in [-0.4, -0.2) is 33.5 Å². The van der Waals surface area contributed by atoms with Crippen LogP contribution in [-0.2, 0) is 4.79 Å². The van der Waals surface area contributed by atoms with Crippen LogP contribution in [0.15, 0.2) is 11.6 Å². The lowest BCUT2D eigenvalue weighted by molar-refractivity contribution is -0.247. The van der Waals surface area contributed by atoms with Crippen LogP contribution in [0, 0.1) is 56.7 Å². The van der Waals surface area contributed by atoms with E-state index in [1.54, 1.807) is 0 Å². The van der Waals surface area contributed by atoms with Crippen LogP contribution in [0.5, 0.6) is 0 Å². The lowest BCUT2D eigenvalue weighted by atomic mass is 9.33. The fraction of sp³-hybridized carbons (Fsp3) is 0.900. The molecule has 11 unspecified atom stereocenters. The van der Waals surface area contributed by atoms with Crippen LogP contribution in [0.4, 0.5) is 0 Å². The van der Waals surface area contributed by atoms with Gasteiger partial charge in [0, 0.05) is 5.41 Å². The van der Waals surface area contributed by atoms with Crippen LogP contribution in [0.2, 0.25) is 0 Å². The van der Waals surface area contributed by atoms with E-state index in [-0.39, 0.29) is 33.5 Å². The highest BCUT2D eigenvalue weighted by atomic mass is 16.4. The average Bonchev–Trinajstić information content (AvgIpc) is 2.74. The van der Waals surface area contributed by atoms with Gasteiger partial charge < -0.3 is 15.3 Å². The fourth-order valence-corrected chi connectivity index (χ4v) is 11.0. The summed E-state index contributed by atoms with van der Waals surface area (Å²) < 4.78 is 0. The number of allylic oxidation sites excluding steroid dienone is 2. The Kier molecular flexibility index (Phi) is 5.36. The first kappa shape index (κ1) is 24.8. The summed E-state index contributed by atoms with van der Waals surface area (Å²) in [4.78, 5) is 12.8. The quantitative estimate of drug-likeness (QED) is 0.405. The van der Waals surface area contributed by atoms with Crippen molar-refractivity contribution >= 4 is 5.97 Å². The number of aliphatic carboxylic acids is 1. The molecule has 0 spiro atoms. The predicted molar refractivity (Wildman–Crippen MR) is 134 cm³/mol. The number of hydrogen-bond donors (Lipinski definition) is 3. The number of carbonyl (C=O) groups is 1. The van der Waals surface area contributed by atoms with E-state index in [1.165, 1.54) is 5.57 Å². The molecule has 4 heteroatoms. The Morgan fingerprint density at radius 2 is 1.62 bits per heavy atom. The highest BCUT2D eigenvalue weighted by molar-refractivity contribution is 5.76. The average molecular weight is 473 g/mol. The molecule has 4 nitrogen and oxygen atoms in total. The van der Waals surface area contributed by atoms with Crippen molar-refractivity contribution in [3.8, 4) is 0 Å². The Morgan fingerprint density at radius 1 is 0.941 bits per heavy atom. The Hall–Kier alpha value is -0.870. The minimum Gasteiger partial charge on any atom is -0.481 e. The molecule has 0 aliphatic heterocycles. The van der Waals surface area contributed by atoms with Gasteiger partial charge in [-0.1, -0.05) is 60.1 Å². The number of aliphatic hydroxyl groups is 2. The Labute approximate surface area is 206 Å². The van der Waals surface area contributed by atoms with Gasteiger partial charge in [0.2, 0.25) is 0 Å². The van der Waals surface area contributed by atoms with Crippen molar-refractivity contribution in [2.24, 2.45) is 56.7 Å². The molecule has 0 aromatic carbocycles. The van der Waals surface area contributed by atoms with Crippen LogP contribution >= 0.6 is 0 Å². The van der Waals surface area contributed by atoms with Crippen molar-refractivity contribution in [3.63, 3.8) is 0 Å². The molecule has 11 atom stereocenters. The van der Waals surface area contributed by atoms with Gasteiger partial charge in [-0.15, -0.1) is 0 Å². The first-order chi connectivity index (χ1) is 15.7. The summed E-state index contributed by atoms with van der Waals surface area (Å²) >= 11 is 0. The zero-order chi connectivity index (χ0) is 25.1. The van der Waals surface area contributed by atoms with Crippen molar-refractivity contribution in [1.29, 1.82) is 0 Å². The number of carboxylic acid groups (broad SMARTS) is 1. The molecule has 5 rings (SSSR count). The Morgan fingerprint density at radius 3 is 2.26 bits per heavy atom. The summed E-state index contributed by atoms with van der Waals surface area (Å²) in [6.07, 6.45) is 8.28. The molecule has 5 aliphatic rings. The van der Waals surface area contributed by atoms with Crippen molar-refractivity contribution in [3.05, 3.63) is 11.6 Å². The largest absolute Gasteiger partial charge is 0.481 e. The monoisotopic (exact) mass is 472 g/mol. The first-order valence-corrected chi connectivity index (χ1v) is 14.0. The van der Waals surface area contributed by atoms with Crippen LogP contribution in [0.1, 0.15) is 99.8 Å². The molecule has 4 fully saturated rings. The van der Waals surface area contributed by atoms with Crippen molar-refractivity contribution < 1.29 is 20.1 Å². The minimum atomic E-state index is -0.705. The van der Waals surface area contributed by atoms with E-state index >= 15 is 0 Å². The number of rotatable bonds is 1. The molecular formula is C30H48O4. The van der Waals surface area contributed by atoms with Gasteiger partial charge in [-0.3, -0.25) is 4.79 Å². The molecule has 5 aliphatic carbocycles. The zero-order valence-electron chi connectivity index (χ0n) is 22.5. The molecule has 3 N–H and O–H groups in total. The molecule has 0 bridgehead atoms. The molecule has 0 saturated heterocycles. The third kappa shape index (κ3) is 2.76. The minimum absolute atomic E-state index is 0.00202. The molecule has 0 aromatic rings. The highest BCUT2D eigenvalue weighted by Crippen LogP contribution is 2.75. The summed E-state index contributed by atoms with van der Waals surface area (Å²) in [5.74, 6) is 1.08. The van der Waals surface area contributed by atoms with E-state index in [0.29, 0.717) is 24.2 Å². The fourth-order valence-electron chi connectivity index (χ4n) is 11.0. The SMILES string of the molecule is CC1CCC2(C(=O)O)CCC3(C)C(=CCC4C5(C)C(O)C(O)CC(C)(C)C5CCC43C)C2C1C. The number of hydrogen-bond acceptors (Lipinski definition) is 3. The lowest BCUT2D eigenvalue weighted by Crippen LogP contribution is -2.68. The van der Waals surface area contributed by atoms with E-state index < -0.39 is 23.6 Å². The molecule has 192 valence electrons. The van der Waals surface area contributed by atoms with Crippen LogP contribution in [0.3, 0.4) is 0 Å². The second kappa shape index (κ2) is 7.34. The van der Waals surface area contributed by atoms with E-state index in [2.05, 4.69) is 54.5 Å². The van der Waals surface area contributed by atoms with Crippen molar-refractivity contribution in [1.82, 2.24) is 0 Å². The normalized spacial score (nSPS) is 56.3. The van der Waals surface area contributed by atoms with E-state index in [9.17, 15) is 20.1 Å². The van der Waals surface area contributed by atoms with E-state index in [1.807, 2.05) is 0 Å². The second-order valence-corrected chi connectivity index (χ2v) is 14.7. The summed E-state index contributed by atoms with van der Waals surface area (Å²) in [5.41, 5.74) is 0.381. The molecular weight excluding hydrogens is 424 g/mol. The predicted octanol–water partition coefficient (Wildman–Crippen LogP) is 6.06. The Balaban J connectivity index is 1.65. The molecule has 0 amide bonds. The van der Waals surface area contributed by atoms with E-state index in [0.717, 1.165) is 44.9 Å². The second-order valence-electron chi connectivity index (χ2n) is 14.7. The summed E-state index contributed by atoms with van der Waals surface area (Å²) in [7, 11) is 0. The molecule has 0 aromatic heterocycles. The van der Waals surface area contributed by atoms with Crippen LogP contribution < -0.4 is 0 Å². The Bertz CT molecular complexity index is 907. The summed E-state index contributed by atoms with van der Waals surface area (Å²) in [5, 5.41) is 33.0. The third-order valence-electron chi connectivity index (χ3n) is 13.3. The van der Waals surface area contributed by atoms with Gasteiger partial charge >= 0.3 is 5.97 Å². The van der Waals surface area contributed by atoms with Gasteiger partial charge in [-0.25, -0.2) is 0 Å². The van der Waals surface area contributed by atoms with Gasteiger partial charge in [0.15, 0.2) is 0 Å². The molecule has 0 heterocycles. The van der Waals surface area contributed by atoms with Gasteiger partial charge in [0.1, 0.15) is 0 Å². The summed E-state index contributed by atoms with van der Waals surface area (Å²) in [6.45, 7) is 16.3. The topological polar surface area (TPSA) is 77.8 Å². The van der Waals surface area contributed by atoms with Crippen molar-refractivity contribution in [2.75, 3.05) is 0 Å². The summed E-state index contributed by atoms with van der Waals surface area (Å²) in [6, 6.07) is 0. The van der Waals surface area contributed by atoms with Crippen LogP contribution in [0.25, 0.3) is 0 Å². The molecule has 0 radical (unpaired) electrons. The van der Waals surface area contributed by atoms with Gasteiger partial charge in [0.05, 0.1) is 17.6 Å². The maximum absolute atomic E-state index is 12.8. The van der Waals surface area contributed by atoms with Gasteiger partial charge in [-0.2, -0.15) is 0 Å². The maximum atomic E-state index is 12.8. The first-order valence-electron chi connectivity index (χ1n) is 14.0. The van der Waals surface area contributed by atoms with Crippen molar-refractivity contribution in [2.45, 2.75) is 112 Å².